The molecule has 35 heavy (non-hydrogen) atoms. The molecule has 9 heteroatoms. The number of ether oxygens (including phenoxy) is 1. The molecule has 3 heterocycles. The molecular weight excluding hydrogens is 486 g/mol. The van der Waals surface area contributed by atoms with Crippen molar-refractivity contribution in [3.8, 4) is 5.69 Å². The third kappa shape index (κ3) is 5.83. The number of hydrogen-bond donors (Lipinski definition) is 0. The van der Waals surface area contributed by atoms with E-state index >= 15 is 0 Å². The van der Waals surface area contributed by atoms with Crippen LogP contribution in [0.2, 0.25) is 4.34 Å². The van der Waals surface area contributed by atoms with Gasteiger partial charge in [0.25, 0.3) is 5.56 Å². The van der Waals surface area contributed by atoms with Gasteiger partial charge in [-0.2, -0.15) is 0 Å². The number of carbonyl (C=O) groups excluding carboxylic acids is 2. The zero-order chi connectivity index (χ0) is 25.1. The minimum Gasteiger partial charge on any atom is -0.444 e. The van der Waals surface area contributed by atoms with Crippen LogP contribution in [0.25, 0.3) is 5.69 Å². The molecule has 1 aromatic carbocycles. The predicted octanol–water partition coefficient (Wildman–Crippen LogP) is 4.95. The van der Waals surface area contributed by atoms with Gasteiger partial charge in [0.15, 0.2) is 5.78 Å². The topological polar surface area (TPSA) is 71.8 Å². The fourth-order valence-electron chi connectivity index (χ4n) is 4.10. The van der Waals surface area contributed by atoms with Crippen molar-refractivity contribution in [2.24, 2.45) is 0 Å². The van der Waals surface area contributed by atoms with Gasteiger partial charge in [-0.25, -0.2) is 4.79 Å². The number of halogens is 1. The first kappa shape index (κ1) is 25.2. The first-order valence-electron chi connectivity index (χ1n) is 11.5. The van der Waals surface area contributed by atoms with Gasteiger partial charge in [-0.1, -0.05) is 17.7 Å². The number of cyclic esters (lactones) is 1. The Morgan fingerprint density at radius 3 is 2.69 bits per heavy atom. The summed E-state index contributed by atoms with van der Waals surface area (Å²) in [6.45, 7) is 3.08. The fourth-order valence-corrected chi connectivity index (χ4v) is 5.11. The molecule has 0 saturated carbocycles. The number of Topliss-reactive ketones (excluding diaryl/α,β-unsaturated/α-hetero) is 1. The van der Waals surface area contributed by atoms with Crippen LogP contribution in [0.3, 0.4) is 0 Å². The van der Waals surface area contributed by atoms with Crippen molar-refractivity contribution in [1.29, 1.82) is 0 Å². The lowest BCUT2D eigenvalue weighted by Gasteiger charge is -2.17. The Morgan fingerprint density at radius 2 is 2.00 bits per heavy atom. The molecule has 184 valence electrons. The summed E-state index contributed by atoms with van der Waals surface area (Å²) in [5, 5.41) is 0. The largest absolute Gasteiger partial charge is 0.444 e. The number of anilines is 1. The molecule has 0 N–H and O–H groups in total. The van der Waals surface area contributed by atoms with E-state index in [1.54, 1.807) is 27.8 Å². The smallest absolute Gasteiger partial charge is 0.414 e. The molecule has 0 radical (unpaired) electrons. The van der Waals surface area contributed by atoms with Crippen LogP contribution in [-0.4, -0.2) is 54.6 Å². The highest BCUT2D eigenvalue weighted by molar-refractivity contribution is 7.18. The van der Waals surface area contributed by atoms with Crippen molar-refractivity contribution < 1.29 is 14.3 Å². The first-order chi connectivity index (χ1) is 16.7. The van der Waals surface area contributed by atoms with Gasteiger partial charge in [-0.3, -0.25) is 19.1 Å². The average Bonchev–Trinajstić information content (AvgIpc) is 3.42. The van der Waals surface area contributed by atoms with Crippen molar-refractivity contribution >= 4 is 40.5 Å². The summed E-state index contributed by atoms with van der Waals surface area (Å²) in [4.78, 5) is 42.2. The van der Waals surface area contributed by atoms with Gasteiger partial charge in [0.2, 0.25) is 0 Å². The maximum absolute atomic E-state index is 13.0. The monoisotopic (exact) mass is 513 g/mol. The number of benzene rings is 1. The first-order valence-corrected chi connectivity index (χ1v) is 12.7. The van der Waals surface area contributed by atoms with Crippen molar-refractivity contribution in [2.45, 2.75) is 32.3 Å². The van der Waals surface area contributed by atoms with Gasteiger partial charge in [-0.05, 0) is 75.8 Å². The molecule has 1 saturated heterocycles. The van der Waals surface area contributed by atoms with Gasteiger partial charge in [0.1, 0.15) is 6.10 Å². The number of hydrogen-bond acceptors (Lipinski definition) is 6. The highest BCUT2D eigenvalue weighted by Crippen LogP contribution is 2.28. The number of thiophene rings is 1. The number of nitrogens with zero attached hydrogens (tertiary/aromatic N) is 3. The number of pyridine rings is 1. The maximum atomic E-state index is 13.0. The Labute approximate surface area is 213 Å². The third-order valence-corrected chi connectivity index (χ3v) is 7.29. The number of rotatable bonds is 9. The highest BCUT2D eigenvalue weighted by atomic mass is 35.5. The Hall–Kier alpha value is -2.94. The molecule has 7 nitrogen and oxygen atoms in total. The molecule has 1 atom stereocenters. The Kier molecular flexibility index (Phi) is 7.74. The predicted molar refractivity (Wildman–Crippen MR) is 140 cm³/mol. The second-order valence-corrected chi connectivity index (χ2v) is 10.6. The Morgan fingerprint density at radius 1 is 1.20 bits per heavy atom. The molecule has 3 aromatic rings. The standard InChI is InChI=1S/C26H28ClN3O4S/c1-17-15-19(6-8-21(17)29-13-4-5-18(25(29)32)12-14-28(2)3)30-16-20(34-26(30)33)7-9-22(31)23-10-11-24(27)35-23/h4-6,8,10-11,13,15,20H,7,9,12,14,16H2,1-3H3/t20-/m0/s1. The van der Waals surface area contributed by atoms with Crippen molar-refractivity contribution in [3.05, 3.63) is 79.4 Å². The summed E-state index contributed by atoms with van der Waals surface area (Å²) in [6, 6.07) is 12.7. The second kappa shape index (κ2) is 10.8. The van der Waals surface area contributed by atoms with Gasteiger partial charge in [0, 0.05) is 30.4 Å². The number of aromatic nitrogens is 1. The Bertz CT molecular complexity index is 1300. The van der Waals surface area contributed by atoms with E-state index in [0.717, 1.165) is 23.4 Å². The molecule has 0 spiro atoms. The lowest BCUT2D eigenvalue weighted by atomic mass is 10.1. The minimum atomic E-state index is -0.434. The second-order valence-electron chi connectivity index (χ2n) is 8.91. The minimum absolute atomic E-state index is 0.00477. The van der Waals surface area contributed by atoms with Crippen LogP contribution >= 0.6 is 22.9 Å². The SMILES string of the molecule is Cc1cc(N2C[C@H](CCC(=O)c3ccc(Cl)s3)OC2=O)ccc1-n1cccc(CCN(C)C)c1=O. The van der Waals surface area contributed by atoms with Crippen LogP contribution < -0.4 is 10.5 Å². The third-order valence-electron chi connectivity index (χ3n) is 6.02. The van der Waals surface area contributed by atoms with E-state index in [1.165, 1.54) is 11.3 Å². The normalized spacial score (nSPS) is 15.6. The molecule has 1 aliphatic heterocycles. The lowest BCUT2D eigenvalue weighted by molar-refractivity contribution is 0.0943. The van der Waals surface area contributed by atoms with E-state index in [4.69, 9.17) is 16.3 Å². The highest BCUT2D eigenvalue weighted by Gasteiger charge is 2.33. The number of carbonyl (C=O) groups is 2. The van der Waals surface area contributed by atoms with E-state index in [1.807, 2.05) is 56.3 Å². The molecule has 0 bridgehead atoms. The average molecular weight is 514 g/mol. The van der Waals surface area contributed by atoms with Crippen LogP contribution in [-0.2, 0) is 11.2 Å². The van der Waals surface area contributed by atoms with Crippen LogP contribution in [0.1, 0.15) is 33.6 Å². The van der Waals surface area contributed by atoms with Gasteiger partial charge in [0.05, 0.1) is 21.4 Å². The quantitative estimate of drug-likeness (QED) is 0.378. The van der Waals surface area contributed by atoms with Gasteiger partial charge >= 0.3 is 6.09 Å². The number of likely N-dealkylation sites (N-methyl/N-ethyl adjacent to an activating group) is 1. The molecule has 1 amide bonds. The summed E-state index contributed by atoms with van der Waals surface area (Å²) in [5.74, 6) is -0.00477. The number of aryl methyl sites for hydroxylation is 1. The van der Waals surface area contributed by atoms with Crippen molar-refractivity contribution in [2.75, 3.05) is 32.1 Å². The van der Waals surface area contributed by atoms with Crippen molar-refractivity contribution in [1.82, 2.24) is 9.47 Å². The van der Waals surface area contributed by atoms with E-state index in [9.17, 15) is 14.4 Å². The maximum Gasteiger partial charge on any atom is 0.414 e. The summed E-state index contributed by atoms with van der Waals surface area (Å²) < 4.78 is 7.74. The molecule has 0 unspecified atom stereocenters. The van der Waals surface area contributed by atoms with Crippen molar-refractivity contribution in [3.63, 3.8) is 0 Å². The van der Waals surface area contributed by atoms with Gasteiger partial charge in [-0.15, -0.1) is 11.3 Å². The summed E-state index contributed by atoms with van der Waals surface area (Å²) in [5.41, 5.74) is 3.06. The summed E-state index contributed by atoms with van der Waals surface area (Å²) in [7, 11) is 3.96. The molecule has 2 aromatic heterocycles. The summed E-state index contributed by atoms with van der Waals surface area (Å²) in [6.07, 6.45) is 2.37. The lowest BCUT2D eigenvalue weighted by Crippen LogP contribution is -2.26. The van der Waals surface area contributed by atoms with E-state index in [0.29, 0.717) is 34.3 Å². The summed E-state index contributed by atoms with van der Waals surface area (Å²) >= 11 is 7.17. The zero-order valence-electron chi connectivity index (χ0n) is 20.0. The molecule has 1 aliphatic rings. The van der Waals surface area contributed by atoms with Crippen LogP contribution in [0.15, 0.2) is 53.5 Å². The van der Waals surface area contributed by atoms with E-state index < -0.39 is 6.09 Å². The van der Waals surface area contributed by atoms with E-state index in [2.05, 4.69) is 0 Å². The number of ketones is 1. The zero-order valence-corrected chi connectivity index (χ0v) is 21.6. The van der Waals surface area contributed by atoms with Crippen LogP contribution in [0.4, 0.5) is 10.5 Å². The Balaban J connectivity index is 1.45. The molecule has 4 rings (SSSR count). The molecule has 0 aliphatic carbocycles. The molecular formula is C26H28ClN3O4S. The van der Waals surface area contributed by atoms with Gasteiger partial charge < -0.3 is 9.64 Å². The molecule has 1 fully saturated rings. The fraction of sp³-hybridized carbons (Fsp3) is 0.346. The number of amides is 1. The van der Waals surface area contributed by atoms with Crippen LogP contribution in [0.5, 0.6) is 0 Å². The van der Waals surface area contributed by atoms with E-state index in [-0.39, 0.29) is 23.9 Å². The van der Waals surface area contributed by atoms with Crippen LogP contribution in [0, 0.1) is 6.92 Å².